The van der Waals surface area contributed by atoms with E-state index < -0.39 is 30.9 Å². The lowest BCUT2D eigenvalue weighted by atomic mass is 9.82. The number of ether oxygens (including phenoxy) is 1. The van der Waals surface area contributed by atoms with Gasteiger partial charge in [0.15, 0.2) is 5.96 Å². The molecule has 0 fully saturated rings. The van der Waals surface area contributed by atoms with E-state index in [1.165, 1.54) is 12.0 Å². The predicted molar refractivity (Wildman–Crippen MR) is 117 cm³/mol. The summed E-state index contributed by atoms with van der Waals surface area (Å²) in [6.07, 6.45) is -5.82. The van der Waals surface area contributed by atoms with Crippen molar-refractivity contribution < 1.29 is 42.5 Å². The van der Waals surface area contributed by atoms with Gasteiger partial charge in [-0.05, 0) is 22.8 Å². The molecule has 0 radical (unpaired) electrons. The number of nitrogens with zero attached hydrogens (tertiary/aromatic N) is 2. The average Bonchev–Trinajstić information content (AvgIpc) is 2.79. The Kier molecular flexibility index (Phi) is 8.78. The summed E-state index contributed by atoms with van der Waals surface area (Å²) >= 11 is 0. The van der Waals surface area contributed by atoms with E-state index in [1.807, 2.05) is 36.4 Å². The first-order valence-electron chi connectivity index (χ1n) is 9.95. The molecule has 10 nitrogen and oxygen atoms in total. The molecule has 1 aliphatic rings. The van der Waals surface area contributed by atoms with Crippen LogP contribution in [0.25, 0.3) is 0 Å². The molecule has 0 bridgehead atoms. The zero-order chi connectivity index (χ0) is 26.3. The van der Waals surface area contributed by atoms with Crippen LogP contribution in [0.4, 0.5) is 13.2 Å². The van der Waals surface area contributed by atoms with Crippen LogP contribution in [0.2, 0.25) is 0 Å². The number of rotatable bonds is 6. The van der Waals surface area contributed by atoms with Crippen molar-refractivity contribution in [3.05, 3.63) is 70.8 Å². The molecule has 35 heavy (non-hydrogen) atoms. The number of benzene rings is 2. The Hall–Kier alpha value is -4.13. The molecule has 0 aromatic heterocycles. The summed E-state index contributed by atoms with van der Waals surface area (Å²) in [7, 11) is 1.47. The molecule has 2 unspecified atom stereocenters. The number of carbonyl (C=O) groups excluding carboxylic acids is 1. The van der Waals surface area contributed by atoms with Crippen molar-refractivity contribution >= 4 is 23.8 Å². The quantitative estimate of drug-likeness (QED) is 0.346. The number of methoxy groups -OCH3 is 1. The maximum atomic E-state index is 12.8. The van der Waals surface area contributed by atoms with E-state index in [0.717, 1.165) is 16.7 Å². The molecule has 6 N–H and O–H groups in total. The molecule has 1 aliphatic heterocycles. The van der Waals surface area contributed by atoms with E-state index >= 15 is 0 Å². The number of hydrogen-bond donors (Lipinski definition) is 4. The largest absolute Gasteiger partial charge is 0.490 e. The van der Waals surface area contributed by atoms with Crippen molar-refractivity contribution in [2.45, 2.75) is 24.9 Å². The lowest BCUT2D eigenvalue weighted by Gasteiger charge is -2.40. The van der Waals surface area contributed by atoms with E-state index in [9.17, 15) is 27.9 Å². The second kappa shape index (κ2) is 11.3. The number of amides is 1. The van der Waals surface area contributed by atoms with Crippen LogP contribution in [0.1, 0.15) is 33.0 Å². The Labute approximate surface area is 197 Å². The molecule has 0 saturated carbocycles. The van der Waals surface area contributed by atoms with E-state index in [-0.39, 0.29) is 17.8 Å². The van der Waals surface area contributed by atoms with Crippen LogP contribution in [-0.2, 0) is 20.9 Å². The number of hydrogen-bond acceptors (Lipinski definition) is 5. The number of alkyl halides is 3. The highest BCUT2D eigenvalue weighted by Gasteiger charge is 2.41. The molecule has 1 heterocycles. The standard InChI is InChI=1S/C20H22N4O4.C2HF3O2/c1-28-19-17(13-8-6-12(7-9-13)10-23-20(21)22)14-4-2-3-5-15(14)18(27)24(19)11-16(25)26;3-2(4,5)1(6)7/h2-9,17,19H,10-11H2,1H3,(H,25,26)(H4,21,22,23);(H,6,7). The first-order valence-corrected chi connectivity index (χ1v) is 9.95. The summed E-state index contributed by atoms with van der Waals surface area (Å²) in [5.41, 5.74) is 13.8. The molecule has 0 aliphatic carbocycles. The van der Waals surface area contributed by atoms with Gasteiger partial charge in [0, 0.05) is 12.7 Å². The van der Waals surface area contributed by atoms with Crippen molar-refractivity contribution in [3.8, 4) is 0 Å². The van der Waals surface area contributed by atoms with Crippen molar-refractivity contribution in [2.24, 2.45) is 16.5 Å². The van der Waals surface area contributed by atoms with Crippen LogP contribution in [0, 0.1) is 0 Å². The maximum absolute atomic E-state index is 12.8. The highest BCUT2D eigenvalue weighted by molar-refractivity contribution is 5.99. The number of carbonyl (C=O) groups is 3. The van der Waals surface area contributed by atoms with Gasteiger partial charge in [-0.2, -0.15) is 13.2 Å². The normalized spacial score (nSPS) is 17.0. The summed E-state index contributed by atoms with van der Waals surface area (Å²) in [6.45, 7) is -0.0774. The second-order valence-electron chi connectivity index (χ2n) is 7.30. The average molecular weight is 496 g/mol. The summed E-state index contributed by atoms with van der Waals surface area (Å²) in [5.74, 6) is -4.51. The molecular weight excluding hydrogens is 473 g/mol. The molecular formula is C22H23F3N4O6. The summed E-state index contributed by atoms with van der Waals surface area (Å²) in [4.78, 5) is 38.3. The maximum Gasteiger partial charge on any atom is 0.490 e. The highest BCUT2D eigenvalue weighted by Crippen LogP contribution is 2.38. The Balaban J connectivity index is 0.000000540. The smallest absolute Gasteiger partial charge is 0.480 e. The fraction of sp³-hybridized carbons (Fsp3) is 0.273. The number of halogens is 3. The van der Waals surface area contributed by atoms with Crippen molar-refractivity contribution in [3.63, 3.8) is 0 Å². The van der Waals surface area contributed by atoms with Gasteiger partial charge in [-0.25, -0.2) is 9.79 Å². The third-order valence-electron chi connectivity index (χ3n) is 4.95. The third kappa shape index (κ3) is 6.93. The van der Waals surface area contributed by atoms with Crippen molar-refractivity contribution in [1.82, 2.24) is 4.90 Å². The number of carboxylic acids is 2. The topological polar surface area (TPSA) is 169 Å². The lowest BCUT2D eigenvalue weighted by Crippen LogP contribution is -2.51. The molecule has 0 saturated heterocycles. The minimum Gasteiger partial charge on any atom is -0.480 e. The van der Waals surface area contributed by atoms with Crippen molar-refractivity contribution in [1.29, 1.82) is 0 Å². The number of nitrogens with two attached hydrogens (primary N) is 2. The van der Waals surface area contributed by atoms with Crippen LogP contribution in [0.15, 0.2) is 53.5 Å². The molecule has 2 aromatic carbocycles. The van der Waals surface area contributed by atoms with Crippen molar-refractivity contribution in [2.75, 3.05) is 13.7 Å². The van der Waals surface area contributed by atoms with Crippen LogP contribution in [0.3, 0.4) is 0 Å². The van der Waals surface area contributed by atoms with E-state index in [4.69, 9.17) is 26.1 Å². The Morgan fingerprint density at radius 3 is 2.14 bits per heavy atom. The Morgan fingerprint density at radius 2 is 1.66 bits per heavy atom. The third-order valence-corrected chi connectivity index (χ3v) is 4.95. The van der Waals surface area contributed by atoms with Gasteiger partial charge in [-0.3, -0.25) is 9.59 Å². The number of fused-ring (bicyclic) bond motifs is 1. The Bertz CT molecular complexity index is 1100. The predicted octanol–water partition coefficient (Wildman–Crippen LogP) is 1.74. The number of carboxylic acid groups (broad SMARTS) is 2. The molecule has 3 rings (SSSR count). The minimum atomic E-state index is -5.08. The number of aliphatic carboxylic acids is 2. The van der Waals surface area contributed by atoms with Gasteiger partial charge in [-0.1, -0.05) is 42.5 Å². The van der Waals surface area contributed by atoms with Gasteiger partial charge in [0.05, 0.1) is 12.5 Å². The highest BCUT2D eigenvalue weighted by atomic mass is 19.4. The van der Waals surface area contributed by atoms with Gasteiger partial charge >= 0.3 is 18.1 Å². The van der Waals surface area contributed by atoms with Gasteiger partial charge in [0.25, 0.3) is 5.91 Å². The second-order valence-corrected chi connectivity index (χ2v) is 7.30. The molecule has 188 valence electrons. The first kappa shape index (κ1) is 27.1. The first-order chi connectivity index (χ1) is 16.4. The van der Waals surface area contributed by atoms with Gasteiger partial charge in [0.1, 0.15) is 12.8 Å². The summed E-state index contributed by atoms with van der Waals surface area (Å²) in [6, 6.07) is 14.8. The zero-order valence-corrected chi connectivity index (χ0v) is 18.4. The fourth-order valence-corrected chi connectivity index (χ4v) is 3.49. The van der Waals surface area contributed by atoms with E-state index in [2.05, 4.69) is 4.99 Å². The van der Waals surface area contributed by atoms with Crippen LogP contribution in [-0.4, -0.2) is 65.0 Å². The summed E-state index contributed by atoms with van der Waals surface area (Å²) in [5, 5.41) is 16.4. The van der Waals surface area contributed by atoms with Gasteiger partial charge in [-0.15, -0.1) is 0 Å². The van der Waals surface area contributed by atoms with Gasteiger partial charge < -0.3 is 31.3 Å². The number of aliphatic imine (C=N–C) groups is 1. The molecule has 13 heteroatoms. The van der Waals surface area contributed by atoms with E-state index in [0.29, 0.717) is 12.1 Å². The molecule has 2 aromatic rings. The minimum absolute atomic E-state index is 0.0209. The monoisotopic (exact) mass is 496 g/mol. The van der Waals surface area contributed by atoms with Crippen LogP contribution >= 0.6 is 0 Å². The summed E-state index contributed by atoms with van der Waals surface area (Å²) < 4.78 is 37.3. The molecule has 2 atom stereocenters. The fourth-order valence-electron chi connectivity index (χ4n) is 3.49. The zero-order valence-electron chi connectivity index (χ0n) is 18.4. The lowest BCUT2D eigenvalue weighted by molar-refractivity contribution is -0.192. The van der Waals surface area contributed by atoms with Crippen LogP contribution < -0.4 is 11.5 Å². The van der Waals surface area contributed by atoms with E-state index in [1.54, 1.807) is 12.1 Å². The van der Waals surface area contributed by atoms with Crippen LogP contribution in [0.5, 0.6) is 0 Å². The number of guanidine groups is 1. The molecule has 0 spiro atoms. The molecule has 1 amide bonds. The Morgan fingerprint density at radius 1 is 1.09 bits per heavy atom. The van der Waals surface area contributed by atoms with Gasteiger partial charge in [0.2, 0.25) is 0 Å². The SMILES string of the molecule is COC1C(c2ccc(CN=C(N)N)cc2)c2ccccc2C(=O)N1CC(=O)O.O=C(O)C(F)(F)F.